The van der Waals surface area contributed by atoms with Crippen LogP contribution in [0, 0.1) is 0 Å². The molecule has 32 heavy (non-hydrogen) atoms. The van der Waals surface area contributed by atoms with E-state index in [1.165, 1.54) is 33.4 Å². The van der Waals surface area contributed by atoms with E-state index in [0.29, 0.717) is 6.42 Å². The molecule has 0 saturated carbocycles. The molecular formula is C27H24Cl2N2O. The van der Waals surface area contributed by atoms with Crippen molar-refractivity contribution in [3.8, 4) is 0 Å². The number of carbonyl (C=O) groups is 1. The number of hydrogen-bond acceptors (Lipinski definition) is 2. The van der Waals surface area contributed by atoms with Crippen molar-refractivity contribution in [3.05, 3.63) is 104 Å². The maximum Gasteiger partial charge on any atom is 0.227 e. The van der Waals surface area contributed by atoms with Crippen molar-refractivity contribution in [2.24, 2.45) is 0 Å². The molecule has 0 atom stereocenters. The first kappa shape index (κ1) is 21.2. The van der Waals surface area contributed by atoms with Gasteiger partial charge in [0.15, 0.2) is 0 Å². The molecular weight excluding hydrogens is 439 g/mol. The molecule has 1 fully saturated rings. The topological polar surface area (TPSA) is 33.2 Å². The first-order valence-corrected chi connectivity index (χ1v) is 11.8. The Balaban J connectivity index is 1.46. The summed E-state index contributed by atoms with van der Waals surface area (Å²) >= 11 is 12.7. The second-order valence-corrected chi connectivity index (χ2v) is 9.37. The van der Waals surface area contributed by atoms with E-state index in [9.17, 15) is 4.79 Å². The lowest BCUT2D eigenvalue weighted by Gasteiger charge is -2.31. The van der Waals surface area contributed by atoms with E-state index in [4.69, 9.17) is 23.2 Å². The van der Waals surface area contributed by atoms with Gasteiger partial charge in [0.05, 0.1) is 6.42 Å². The predicted molar refractivity (Wildman–Crippen MR) is 130 cm³/mol. The number of amides is 1. The maximum absolute atomic E-state index is 12.8. The molecule has 162 valence electrons. The summed E-state index contributed by atoms with van der Waals surface area (Å²) in [5.74, 6) is 0.181. The van der Waals surface area contributed by atoms with Crippen LogP contribution in [0.3, 0.4) is 0 Å². The van der Waals surface area contributed by atoms with Crippen molar-refractivity contribution in [1.82, 2.24) is 9.88 Å². The lowest BCUT2D eigenvalue weighted by Crippen LogP contribution is -2.37. The zero-order chi connectivity index (χ0) is 22.1. The third-order valence-corrected chi connectivity index (χ3v) is 6.99. The quantitative estimate of drug-likeness (QED) is 0.457. The largest absolute Gasteiger partial charge is 0.342 e. The Labute approximate surface area is 198 Å². The molecule has 3 nitrogen and oxygen atoms in total. The summed E-state index contributed by atoms with van der Waals surface area (Å²) in [6.45, 7) is 1.49. The van der Waals surface area contributed by atoms with Gasteiger partial charge in [-0.3, -0.25) is 9.78 Å². The van der Waals surface area contributed by atoms with Gasteiger partial charge in [-0.2, -0.15) is 0 Å². The third kappa shape index (κ3) is 4.32. The predicted octanol–water partition coefficient (Wildman–Crippen LogP) is 6.15. The van der Waals surface area contributed by atoms with E-state index in [2.05, 4.69) is 29.2 Å². The van der Waals surface area contributed by atoms with Crippen molar-refractivity contribution in [3.63, 3.8) is 0 Å². The molecule has 2 aromatic carbocycles. The molecule has 1 aliphatic carbocycles. The molecule has 3 aromatic rings. The number of nitrogens with zero attached hydrogens (tertiary/aromatic N) is 2. The zero-order valence-electron chi connectivity index (χ0n) is 17.8. The molecule has 0 N–H and O–H groups in total. The highest BCUT2D eigenvalue weighted by atomic mass is 35.5. The van der Waals surface area contributed by atoms with Crippen LogP contribution in [0.4, 0.5) is 0 Å². The fourth-order valence-corrected chi connectivity index (χ4v) is 5.27. The average molecular weight is 463 g/mol. The molecule has 2 aliphatic rings. The minimum Gasteiger partial charge on any atom is -0.342 e. The molecule has 1 amide bonds. The Morgan fingerprint density at radius 1 is 0.812 bits per heavy atom. The number of rotatable bonds is 2. The molecule has 5 rings (SSSR count). The second kappa shape index (κ2) is 9.09. The van der Waals surface area contributed by atoms with Gasteiger partial charge in [0.1, 0.15) is 0 Å². The highest BCUT2D eigenvalue weighted by Gasteiger charge is 2.26. The van der Waals surface area contributed by atoms with Crippen molar-refractivity contribution in [1.29, 1.82) is 0 Å². The fourth-order valence-electron chi connectivity index (χ4n) is 4.88. The first-order valence-electron chi connectivity index (χ1n) is 11.0. The van der Waals surface area contributed by atoms with Crippen LogP contribution in [0.1, 0.15) is 40.7 Å². The number of aromatic nitrogens is 1. The van der Waals surface area contributed by atoms with Gasteiger partial charge in [-0.25, -0.2) is 0 Å². The lowest BCUT2D eigenvalue weighted by atomic mass is 9.86. The molecule has 0 spiro atoms. The van der Waals surface area contributed by atoms with E-state index in [1.54, 1.807) is 12.4 Å². The summed E-state index contributed by atoms with van der Waals surface area (Å²) in [6.07, 6.45) is 7.54. The summed E-state index contributed by atoms with van der Waals surface area (Å²) in [5.41, 5.74) is 8.82. The van der Waals surface area contributed by atoms with E-state index < -0.39 is 0 Å². The minimum absolute atomic E-state index is 0.181. The number of hydrogen-bond donors (Lipinski definition) is 0. The first-order chi connectivity index (χ1) is 15.6. The lowest BCUT2D eigenvalue weighted by molar-refractivity contribution is -0.130. The molecule has 2 heterocycles. The van der Waals surface area contributed by atoms with E-state index in [1.807, 2.05) is 29.2 Å². The van der Waals surface area contributed by atoms with Crippen LogP contribution in [-0.4, -0.2) is 28.9 Å². The van der Waals surface area contributed by atoms with Gasteiger partial charge in [0, 0.05) is 35.5 Å². The van der Waals surface area contributed by atoms with Crippen LogP contribution in [0.25, 0.3) is 5.57 Å². The number of aryl methyl sites for hydroxylation is 2. The van der Waals surface area contributed by atoms with Crippen molar-refractivity contribution >= 4 is 34.7 Å². The third-order valence-electron chi connectivity index (χ3n) is 6.51. The summed E-state index contributed by atoms with van der Waals surface area (Å²) in [7, 11) is 0. The van der Waals surface area contributed by atoms with E-state index in [0.717, 1.165) is 54.4 Å². The SMILES string of the molecule is O=C(Cc1ccncc1)N1CCC(=C2c3ccc(Cl)cc3CCc3cc(Cl)ccc32)CC1. The molecule has 5 heteroatoms. The summed E-state index contributed by atoms with van der Waals surface area (Å²) in [4.78, 5) is 18.9. The molecule has 1 aromatic heterocycles. The van der Waals surface area contributed by atoms with Gasteiger partial charge in [0.2, 0.25) is 5.91 Å². The number of benzene rings is 2. The van der Waals surface area contributed by atoms with Gasteiger partial charge in [-0.05, 0) is 95.5 Å². The van der Waals surface area contributed by atoms with Crippen LogP contribution in [-0.2, 0) is 24.1 Å². The van der Waals surface area contributed by atoms with Crippen LogP contribution in [0.15, 0.2) is 66.5 Å². The Morgan fingerprint density at radius 2 is 1.38 bits per heavy atom. The number of carbonyl (C=O) groups excluding carboxylic acids is 1. The van der Waals surface area contributed by atoms with Crippen molar-refractivity contribution in [2.45, 2.75) is 32.1 Å². The highest BCUT2D eigenvalue weighted by molar-refractivity contribution is 6.31. The van der Waals surface area contributed by atoms with Crippen molar-refractivity contribution < 1.29 is 4.79 Å². The number of pyridine rings is 1. The number of fused-ring (bicyclic) bond motifs is 2. The van der Waals surface area contributed by atoms with Crippen molar-refractivity contribution in [2.75, 3.05) is 13.1 Å². The normalized spacial score (nSPS) is 15.8. The highest BCUT2D eigenvalue weighted by Crippen LogP contribution is 2.40. The van der Waals surface area contributed by atoms with Gasteiger partial charge in [0.25, 0.3) is 0 Å². The van der Waals surface area contributed by atoms with Gasteiger partial charge in [-0.15, -0.1) is 0 Å². The molecule has 0 unspecified atom stereocenters. The fraction of sp³-hybridized carbons (Fsp3) is 0.259. The monoisotopic (exact) mass is 462 g/mol. The summed E-state index contributed by atoms with van der Waals surface area (Å²) in [5, 5.41) is 1.54. The standard InChI is InChI=1S/C27H24Cl2N2O/c28-22-3-5-24-20(16-22)1-2-21-17-23(29)4-6-25(21)27(24)19-9-13-31(14-10-19)26(32)15-18-7-11-30-12-8-18/h3-8,11-12,16-17H,1-2,9-10,13-15H2. The molecule has 0 bridgehead atoms. The van der Waals surface area contributed by atoms with Crippen LogP contribution < -0.4 is 0 Å². The summed E-state index contributed by atoms with van der Waals surface area (Å²) < 4.78 is 0. The Bertz CT molecular complexity index is 1140. The van der Waals surface area contributed by atoms with Gasteiger partial charge in [-0.1, -0.05) is 40.9 Å². The van der Waals surface area contributed by atoms with Crippen LogP contribution in [0.5, 0.6) is 0 Å². The minimum atomic E-state index is 0.181. The zero-order valence-corrected chi connectivity index (χ0v) is 19.3. The number of piperidine rings is 1. The maximum atomic E-state index is 12.8. The number of halogens is 2. The Hall–Kier alpha value is -2.62. The average Bonchev–Trinajstić information content (AvgIpc) is 2.96. The molecule has 1 saturated heterocycles. The Morgan fingerprint density at radius 3 is 1.94 bits per heavy atom. The Kier molecular flexibility index (Phi) is 6.03. The van der Waals surface area contributed by atoms with Gasteiger partial charge < -0.3 is 4.90 Å². The van der Waals surface area contributed by atoms with E-state index >= 15 is 0 Å². The number of likely N-dealkylation sites (tertiary alicyclic amines) is 1. The molecule has 1 aliphatic heterocycles. The second-order valence-electron chi connectivity index (χ2n) is 8.49. The smallest absolute Gasteiger partial charge is 0.227 e. The van der Waals surface area contributed by atoms with Crippen LogP contribution in [0.2, 0.25) is 10.0 Å². The van der Waals surface area contributed by atoms with Gasteiger partial charge >= 0.3 is 0 Å². The summed E-state index contributed by atoms with van der Waals surface area (Å²) in [6, 6.07) is 16.3. The molecule has 0 radical (unpaired) electrons. The van der Waals surface area contributed by atoms with Crippen LogP contribution >= 0.6 is 23.2 Å². The van der Waals surface area contributed by atoms with E-state index in [-0.39, 0.29) is 5.91 Å².